The highest BCUT2D eigenvalue weighted by Crippen LogP contribution is 2.00. The van der Waals surface area contributed by atoms with Crippen LogP contribution in [0.3, 0.4) is 0 Å². The summed E-state index contributed by atoms with van der Waals surface area (Å²) in [6, 6.07) is 0. The van der Waals surface area contributed by atoms with E-state index in [9.17, 15) is 0 Å². The van der Waals surface area contributed by atoms with Gasteiger partial charge in [-0.1, -0.05) is 24.0 Å². The smallest absolute Gasteiger partial charge is 0.0585 e. The molecule has 0 radical (unpaired) electrons. The van der Waals surface area contributed by atoms with Crippen LogP contribution >= 0.6 is 11.6 Å². The molecule has 0 bridgehead atoms. The molecular weight excluding hydrogens is 176 g/mol. The molecule has 0 saturated carbocycles. The van der Waals surface area contributed by atoms with Crippen LogP contribution in [0.4, 0.5) is 0 Å². The summed E-state index contributed by atoms with van der Waals surface area (Å²) in [5.41, 5.74) is 0.931. The standard InChI is InChI=1S/C7H13ClN4/c1-3-10-11-12(9)5-4-7(2)6-8/h3H,1-2,4-6,9H2/b11-10-. The van der Waals surface area contributed by atoms with Crippen molar-refractivity contribution in [2.24, 2.45) is 16.2 Å². The largest absolute Gasteiger partial charge is 0.230 e. The zero-order valence-corrected chi connectivity index (χ0v) is 7.67. The lowest BCUT2D eigenvalue weighted by molar-refractivity contribution is 0.282. The Morgan fingerprint density at radius 3 is 2.83 bits per heavy atom. The van der Waals surface area contributed by atoms with Gasteiger partial charge >= 0.3 is 0 Å². The zero-order valence-electron chi connectivity index (χ0n) is 6.91. The Morgan fingerprint density at radius 2 is 2.33 bits per heavy atom. The molecule has 12 heavy (non-hydrogen) atoms. The first-order valence-corrected chi connectivity index (χ1v) is 4.00. The van der Waals surface area contributed by atoms with E-state index in [-0.39, 0.29) is 0 Å². The number of nitrogens with two attached hydrogens (primary N) is 1. The molecule has 0 heterocycles. The monoisotopic (exact) mass is 188 g/mol. The third-order valence-electron chi connectivity index (χ3n) is 1.13. The molecule has 68 valence electrons. The lowest BCUT2D eigenvalue weighted by Crippen LogP contribution is -2.25. The minimum Gasteiger partial charge on any atom is -0.230 e. The molecule has 0 saturated heterocycles. The van der Waals surface area contributed by atoms with E-state index in [1.54, 1.807) is 0 Å². The fourth-order valence-electron chi connectivity index (χ4n) is 0.487. The number of alkyl halides is 1. The van der Waals surface area contributed by atoms with Crippen molar-refractivity contribution in [3.8, 4) is 0 Å². The van der Waals surface area contributed by atoms with Gasteiger partial charge in [-0.05, 0) is 6.42 Å². The Balaban J connectivity index is 3.56. The van der Waals surface area contributed by atoms with Gasteiger partial charge in [-0.25, -0.2) is 11.0 Å². The molecule has 0 rings (SSSR count). The number of rotatable bonds is 6. The Labute approximate surface area is 77.3 Å². The van der Waals surface area contributed by atoms with Crippen molar-refractivity contribution in [1.82, 2.24) is 5.12 Å². The molecule has 0 fully saturated rings. The average molecular weight is 189 g/mol. The van der Waals surface area contributed by atoms with E-state index in [0.29, 0.717) is 12.4 Å². The summed E-state index contributed by atoms with van der Waals surface area (Å²) < 4.78 is 0. The summed E-state index contributed by atoms with van der Waals surface area (Å²) in [5.74, 6) is 5.85. The predicted octanol–water partition coefficient (Wildman–Crippen LogP) is 1.86. The quantitative estimate of drug-likeness (QED) is 0.227. The molecule has 0 spiro atoms. The van der Waals surface area contributed by atoms with Gasteiger partial charge in [-0.3, -0.25) is 0 Å². The molecule has 0 aliphatic carbocycles. The Bertz CT molecular complexity index is 178. The van der Waals surface area contributed by atoms with Crippen LogP contribution in [0.1, 0.15) is 6.42 Å². The Kier molecular flexibility index (Phi) is 6.32. The molecule has 0 aliphatic heterocycles. The van der Waals surface area contributed by atoms with Crippen molar-refractivity contribution < 1.29 is 0 Å². The van der Waals surface area contributed by atoms with Crippen molar-refractivity contribution in [2.45, 2.75) is 6.42 Å². The second kappa shape index (κ2) is 6.82. The number of hydrazine groups is 1. The molecule has 5 heteroatoms. The molecule has 0 aromatic heterocycles. The minimum atomic E-state index is 0.451. The first-order chi connectivity index (χ1) is 5.70. The second-order valence-electron chi connectivity index (χ2n) is 2.18. The van der Waals surface area contributed by atoms with E-state index in [1.807, 2.05) is 0 Å². The Morgan fingerprint density at radius 1 is 1.67 bits per heavy atom. The van der Waals surface area contributed by atoms with Gasteiger partial charge in [0.25, 0.3) is 0 Å². The van der Waals surface area contributed by atoms with Crippen molar-refractivity contribution in [1.29, 1.82) is 0 Å². The van der Waals surface area contributed by atoms with Crippen LogP contribution < -0.4 is 5.84 Å². The van der Waals surface area contributed by atoms with Crippen LogP contribution in [0.2, 0.25) is 0 Å². The SMILES string of the molecule is C=C/N=N\N(N)CCC(=C)CCl. The predicted molar refractivity (Wildman–Crippen MR) is 50.4 cm³/mol. The first-order valence-electron chi connectivity index (χ1n) is 3.47. The highest BCUT2D eigenvalue weighted by molar-refractivity contribution is 6.19. The van der Waals surface area contributed by atoms with Crippen LogP contribution in [0, 0.1) is 0 Å². The molecular formula is C7H13ClN4. The van der Waals surface area contributed by atoms with Gasteiger partial charge in [0.15, 0.2) is 0 Å². The van der Waals surface area contributed by atoms with E-state index >= 15 is 0 Å². The van der Waals surface area contributed by atoms with Gasteiger partial charge < -0.3 is 0 Å². The average Bonchev–Trinajstić information content (AvgIpc) is 2.10. The number of hydrogen-bond acceptors (Lipinski definition) is 3. The number of hydrogen-bond donors (Lipinski definition) is 1. The fraction of sp³-hybridized carbons (Fsp3) is 0.429. The summed E-state index contributed by atoms with van der Waals surface area (Å²) in [6.07, 6.45) is 2.03. The fourth-order valence-corrected chi connectivity index (χ4v) is 0.621. The van der Waals surface area contributed by atoms with Gasteiger partial charge in [0, 0.05) is 12.1 Å². The molecule has 0 unspecified atom stereocenters. The zero-order chi connectivity index (χ0) is 9.40. The number of nitrogens with zero attached hydrogens (tertiary/aromatic N) is 3. The summed E-state index contributed by atoms with van der Waals surface area (Å²) in [7, 11) is 0. The normalized spacial score (nSPS) is 10.2. The summed E-state index contributed by atoms with van der Waals surface area (Å²) in [6.45, 7) is 7.64. The van der Waals surface area contributed by atoms with Crippen LogP contribution in [-0.2, 0) is 0 Å². The van der Waals surface area contributed by atoms with Crippen LogP contribution in [0.15, 0.2) is 35.3 Å². The van der Waals surface area contributed by atoms with Crippen LogP contribution in [0.25, 0.3) is 0 Å². The first kappa shape index (κ1) is 11.1. The van der Waals surface area contributed by atoms with Gasteiger partial charge in [-0.2, -0.15) is 0 Å². The second-order valence-corrected chi connectivity index (χ2v) is 2.45. The van der Waals surface area contributed by atoms with Crippen molar-refractivity contribution >= 4 is 11.6 Å². The van der Waals surface area contributed by atoms with Crippen molar-refractivity contribution in [3.63, 3.8) is 0 Å². The maximum absolute atomic E-state index is 5.51. The van der Waals surface area contributed by atoms with Crippen molar-refractivity contribution in [2.75, 3.05) is 12.4 Å². The topological polar surface area (TPSA) is 54.0 Å². The van der Waals surface area contributed by atoms with Gasteiger partial charge in [0.05, 0.1) is 6.54 Å². The molecule has 0 aromatic rings. The molecule has 0 atom stereocenters. The third kappa shape index (κ3) is 5.88. The molecule has 4 nitrogen and oxygen atoms in total. The van der Waals surface area contributed by atoms with E-state index in [0.717, 1.165) is 12.0 Å². The highest BCUT2D eigenvalue weighted by Gasteiger charge is 1.95. The van der Waals surface area contributed by atoms with Crippen molar-refractivity contribution in [3.05, 3.63) is 24.9 Å². The molecule has 2 N–H and O–H groups in total. The van der Waals surface area contributed by atoms with Crippen LogP contribution in [-0.4, -0.2) is 17.5 Å². The van der Waals surface area contributed by atoms with E-state index in [4.69, 9.17) is 17.4 Å². The van der Waals surface area contributed by atoms with Gasteiger partial charge in [0.2, 0.25) is 0 Å². The van der Waals surface area contributed by atoms with Crippen LogP contribution in [0.5, 0.6) is 0 Å². The summed E-state index contributed by atoms with van der Waals surface area (Å²) >= 11 is 5.51. The maximum atomic E-state index is 5.51. The lowest BCUT2D eigenvalue weighted by atomic mass is 10.2. The molecule has 0 aliphatic rings. The van der Waals surface area contributed by atoms with E-state index in [1.165, 1.54) is 11.3 Å². The summed E-state index contributed by atoms with van der Waals surface area (Å²) in [5, 5.41) is 8.31. The number of halogens is 1. The van der Waals surface area contributed by atoms with E-state index in [2.05, 4.69) is 23.5 Å². The third-order valence-corrected chi connectivity index (χ3v) is 1.51. The maximum Gasteiger partial charge on any atom is 0.0585 e. The van der Waals surface area contributed by atoms with Gasteiger partial charge in [0.1, 0.15) is 0 Å². The lowest BCUT2D eigenvalue weighted by Gasteiger charge is -2.09. The molecule has 0 amide bonds. The highest BCUT2D eigenvalue weighted by atomic mass is 35.5. The molecule has 0 aromatic carbocycles. The Hall–Kier alpha value is -0.870. The summed E-state index contributed by atoms with van der Waals surface area (Å²) in [4.78, 5) is 0. The van der Waals surface area contributed by atoms with E-state index < -0.39 is 0 Å². The van der Waals surface area contributed by atoms with Gasteiger partial charge in [-0.15, -0.1) is 16.7 Å². The minimum absolute atomic E-state index is 0.451.